The van der Waals surface area contributed by atoms with Gasteiger partial charge in [-0.2, -0.15) is 0 Å². The molecular formula is C7H4NOS. The van der Waals surface area contributed by atoms with Crippen molar-refractivity contribution in [3.8, 4) is 10.6 Å². The maximum absolute atomic E-state index is 4.95. The molecule has 2 aromatic heterocycles. The molecule has 0 saturated heterocycles. The van der Waals surface area contributed by atoms with Gasteiger partial charge in [0.25, 0.3) is 6.39 Å². The average molecular weight is 150 g/mol. The SMILES string of the molecule is [c]1ncc(-c2cccs2)o1. The highest BCUT2D eigenvalue weighted by Crippen LogP contribution is 2.22. The third kappa shape index (κ3) is 0.844. The summed E-state index contributed by atoms with van der Waals surface area (Å²) in [6.07, 6.45) is 4.06. The van der Waals surface area contributed by atoms with E-state index in [1.54, 1.807) is 17.5 Å². The van der Waals surface area contributed by atoms with Crippen LogP contribution >= 0.6 is 11.3 Å². The maximum atomic E-state index is 4.95. The predicted molar refractivity (Wildman–Crippen MR) is 38.7 cm³/mol. The first kappa shape index (κ1) is 5.68. The Labute approximate surface area is 62.1 Å². The van der Waals surface area contributed by atoms with Gasteiger partial charge in [-0.3, -0.25) is 0 Å². The summed E-state index contributed by atoms with van der Waals surface area (Å²) in [7, 11) is 0. The fourth-order valence-electron chi connectivity index (χ4n) is 0.720. The lowest BCUT2D eigenvalue weighted by Gasteiger charge is -1.82. The van der Waals surface area contributed by atoms with Crippen molar-refractivity contribution in [1.82, 2.24) is 4.98 Å². The fraction of sp³-hybridized carbons (Fsp3) is 0. The van der Waals surface area contributed by atoms with Crippen molar-refractivity contribution in [1.29, 1.82) is 0 Å². The molecule has 2 aromatic rings. The fourth-order valence-corrected chi connectivity index (χ4v) is 1.39. The van der Waals surface area contributed by atoms with Gasteiger partial charge in [-0.1, -0.05) is 6.07 Å². The number of rotatable bonds is 1. The van der Waals surface area contributed by atoms with Gasteiger partial charge in [0.2, 0.25) is 0 Å². The summed E-state index contributed by atoms with van der Waals surface area (Å²) in [5.41, 5.74) is 0. The lowest BCUT2D eigenvalue weighted by atomic mass is 10.4. The molecule has 0 aromatic carbocycles. The van der Waals surface area contributed by atoms with Gasteiger partial charge in [0.15, 0.2) is 5.76 Å². The van der Waals surface area contributed by atoms with Crippen LogP contribution < -0.4 is 0 Å². The number of nitrogens with zero attached hydrogens (tertiary/aromatic N) is 1. The zero-order valence-electron chi connectivity index (χ0n) is 5.07. The first-order chi connectivity index (χ1) is 4.97. The van der Waals surface area contributed by atoms with Crippen LogP contribution in [0.2, 0.25) is 0 Å². The third-order valence-corrected chi connectivity index (χ3v) is 2.04. The highest BCUT2D eigenvalue weighted by Gasteiger charge is 1.99. The molecule has 0 fully saturated rings. The Bertz CT molecular complexity index is 253. The van der Waals surface area contributed by atoms with Crippen molar-refractivity contribution in [3.63, 3.8) is 0 Å². The molecule has 3 heteroatoms. The van der Waals surface area contributed by atoms with Crippen molar-refractivity contribution < 1.29 is 4.42 Å². The zero-order valence-corrected chi connectivity index (χ0v) is 5.89. The summed E-state index contributed by atoms with van der Waals surface area (Å²) < 4.78 is 4.95. The van der Waals surface area contributed by atoms with E-state index < -0.39 is 0 Å². The van der Waals surface area contributed by atoms with E-state index in [-0.39, 0.29) is 0 Å². The number of hydrogen-bond acceptors (Lipinski definition) is 3. The summed E-state index contributed by atoms with van der Waals surface area (Å²) in [6.45, 7) is 0. The van der Waals surface area contributed by atoms with Crippen LogP contribution in [0.15, 0.2) is 28.1 Å². The smallest absolute Gasteiger partial charge is 0.284 e. The van der Waals surface area contributed by atoms with Crippen molar-refractivity contribution in [2.24, 2.45) is 0 Å². The standard InChI is InChI=1S/C7H4NOS/c1-2-7(10-3-1)6-4-8-5-9-6/h1-4H. The maximum Gasteiger partial charge on any atom is 0.284 e. The molecule has 0 unspecified atom stereocenters. The number of aromatic nitrogens is 1. The summed E-state index contributed by atoms with van der Waals surface area (Å²) in [5.74, 6) is 0.787. The topological polar surface area (TPSA) is 26.0 Å². The Kier molecular flexibility index (Phi) is 1.29. The lowest BCUT2D eigenvalue weighted by Crippen LogP contribution is -1.59. The van der Waals surface area contributed by atoms with Gasteiger partial charge in [0.1, 0.15) is 0 Å². The van der Waals surface area contributed by atoms with E-state index in [4.69, 9.17) is 4.42 Å². The quantitative estimate of drug-likeness (QED) is 0.622. The van der Waals surface area contributed by atoms with Gasteiger partial charge in [0.05, 0.1) is 11.1 Å². The third-order valence-electron chi connectivity index (χ3n) is 1.15. The van der Waals surface area contributed by atoms with Crippen LogP contribution in [0.4, 0.5) is 0 Å². The molecule has 0 bridgehead atoms. The molecule has 0 N–H and O–H groups in total. The number of oxazole rings is 1. The summed E-state index contributed by atoms with van der Waals surface area (Å²) in [6, 6.07) is 3.96. The van der Waals surface area contributed by atoms with Crippen molar-refractivity contribution in [2.45, 2.75) is 0 Å². The average Bonchev–Trinajstić information content (AvgIpc) is 2.59. The normalized spacial score (nSPS) is 10.0. The highest BCUT2D eigenvalue weighted by atomic mass is 32.1. The van der Waals surface area contributed by atoms with Crippen LogP contribution in [0.1, 0.15) is 0 Å². The van der Waals surface area contributed by atoms with E-state index in [0.717, 1.165) is 10.6 Å². The number of hydrogen-bond donors (Lipinski definition) is 0. The van der Waals surface area contributed by atoms with Crippen LogP contribution in [0, 0.1) is 6.39 Å². The van der Waals surface area contributed by atoms with Gasteiger partial charge in [-0.05, 0) is 11.4 Å². The summed E-state index contributed by atoms with van der Waals surface area (Å²) in [5, 5.41) is 2.00. The van der Waals surface area contributed by atoms with Gasteiger partial charge in [0, 0.05) is 0 Å². The molecule has 0 aliphatic carbocycles. The lowest BCUT2D eigenvalue weighted by molar-refractivity contribution is 0.563. The Morgan fingerprint density at radius 3 is 3.20 bits per heavy atom. The Morgan fingerprint density at radius 2 is 2.60 bits per heavy atom. The molecule has 0 saturated carbocycles. The van der Waals surface area contributed by atoms with Gasteiger partial charge >= 0.3 is 0 Å². The molecule has 1 radical (unpaired) electrons. The summed E-state index contributed by atoms with van der Waals surface area (Å²) in [4.78, 5) is 4.78. The van der Waals surface area contributed by atoms with Crippen molar-refractivity contribution in [2.75, 3.05) is 0 Å². The Balaban J connectivity index is 2.48. The molecule has 0 aliphatic heterocycles. The van der Waals surface area contributed by atoms with Crippen molar-refractivity contribution in [3.05, 3.63) is 30.1 Å². The second kappa shape index (κ2) is 2.27. The molecule has 0 atom stereocenters. The Morgan fingerprint density at radius 1 is 1.60 bits per heavy atom. The van der Waals surface area contributed by atoms with Gasteiger partial charge in [-0.25, -0.2) is 4.98 Å². The van der Waals surface area contributed by atoms with E-state index in [2.05, 4.69) is 11.4 Å². The minimum atomic E-state index is 0.787. The molecule has 0 aliphatic rings. The highest BCUT2D eigenvalue weighted by molar-refractivity contribution is 7.13. The Hall–Kier alpha value is -1.09. The molecule has 2 heterocycles. The van der Waals surface area contributed by atoms with Gasteiger partial charge in [-0.15, -0.1) is 11.3 Å². The van der Waals surface area contributed by atoms with E-state index in [0.29, 0.717) is 0 Å². The minimum Gasteiger partial charge on any atom is -0.432 e. The first-order valence-electron chi connectivity index (χ1n) is 2.82. The molecule has 2 nitrogen and oxygen atoms in total. The van der Waals surface area contributed by atoms with Gasteiger partial charge < -0.3 is 4.42 Å². The number of thiophene rings is 1. The summed E-state index contributed by atoms with van der Waals surface area (Å²) >= 11 is 1.63. The zero-order chi connectivity index (χ0) is 6.81. The molecule has 10 heavy (non-hydrogen) atoms. The largest absolute Gasteiger partial charge is 0.432 e. The van der Waals surface area contributed by atoms with Crippen LogP contribution in [-0.4, -0.2) is 4.98 Å². The van der Waals surface area contributed by atoms with E-state index in [1.807, 2.05) is 17.5 Å². The molecular weight excluding hydrogens is 146 g/mol. The van der Waals surface area contributed by atoms with Crippen LogP contribution in [0.5, 0.6) is 0 Å². The van der Waals surface area contributed by atoms with Crippen LogP contribution in [-0.2, 0) is 0 Å². The van der Waals surface area contributed by atoms with Crippen LogP contribution in [0.25, 0.3) is 10.6 Å². The molecule has 2 rings (SSSR count). The first-order valence-corrected chi connectivity index (χ1v) is 3.70. The van der Waals surface area contributed by atoms with Crippen LogP contribution in [0.3, 0.4) is 0 Å². The van der Waals surface area contributed by atoms with Crippen molar-refractivity contribution >= 4 is 11.3 Å². The second-order valence-electron chi connectivity index (χ2n) is 1.79. The molecule has 0 amide bonds. The van der Waals surface area contributed by atoms with E-state index in [9.17, 15) is 0 Å². The molecule has 49 valence electrons. The van der Waals surface area contributed by atoms with E-state index >= 15 is 0 Å². The minimum absolute atomic E-state index is 0.787. The molecule has 0 spiro atoms. The predicted octanol–water partition coefficient (Wildman–Crippen LogP) is 2.20. The second-order valence-corrected chi connectivity index (χ2v) is 2.74. The monoisotopic (exact) mass is 150 g/mol. The van der Waals surface area contributed by atoms with E-state index in [1.165, 1.54) is 0 Å².